The Hall–Kier alpha value is -1.26. The molecule has 0 bridgehead atoms. The van der Waals surface area contributed by atoms with Gasteiger partial charge in [0, 0.05) is 17.7 Å². The molecule has 4 unspecified atom stereocenters. The van der Waals surface area contributed by atoms with Crippen LogP contribution in [-0.2, 0) is 0 Å². The van der Waals surface area contributed by atoms with E-state index in [0.29, 0.717) is 23.3 Å². The summed E-state index contributed by atoms with van der Waals surface area (Å²) < 4.78 is 0. The van der Waals surface area contributed by atoms with Crippen LogP contribution in [0.4, 0.5) is 4.79 Å². The van der Waals surface area contributed by atoms with Gasteiger partial charge in [-0.25, -0.2) is 4.79 Å². The van der Waals surface area contributed by atoms with Gasteiger partial charge in [-0.1, -0.05) is 30.7 Å². The van der Waals surface area contributed by atoms with E-state index in [4.69, 9.17) is 16.7 Å². The summed E-state index contributed by atoms with van der Waals surface area (Å²) in [5.41, 5.74) is 1.09. The number of nitrogens with one attached hydrogen (secondary N) is 2. The summed E-state index contributed by atoms with van der Waals surface area (Å²) in [5.74, 6) is 1.12. The molecule has 0 heterocycles. The Morgan fingerprint density at radius 3 is 2.55 bits per heavy atom. The molecule has 0 spiro atoms. The number of hydrogen-bond acceptors (Lipinski definition) is 2. The SMILES string of the molecule is CC(CCCO)NC(=O)NC(c1ccc(Cl)cc1)C1CC1C. The maximum atomic E-state index is 12.2. The van der Waals surface area contributed by atoms with Crippen molar-refractivity contribution in [2.45, 2.75) is 45.2 Å². The van der Waals surface area contributed by atoms with Crippen molar-refractivity contribution in [3.05, 3.63) is 34.9 Å². The summed E-state index contributed by atoms with van der Waals surface area (Å²) in [6.07, 6.45) is 2.60. The molecule has 0 saturated heterocycles. The number of carbonyl (C=O) groups excluding carboxylic acids is 1. The fourth-order valence-electron chi connectivity index (χ4n) is 2.80. The topological polar surface area (TPSA) is 61.4 Å². The zero-order chi connectivity index (χ0) is 16.1. The van der Waals surface area contributed by atoms with Crippen molar-refractivity contribution in [3.63, 3.8) is 0 Å². The van der Waals surface area contributed by atoms with E-state index in [1.54, 1.807) is 0 Å². The van der Waals surface area contributed by atoms with Gasteiger partial charge in [-0.3, -0.25) is 0 Å². The standard InChI is InChI=1S/C17H25ClN2O2/c1-11-10-15(11)16(13-5-7-14(18)8-6-13)20-17(22)19-12(2)4-3-9-21/h5-8,11-12,15-16,21H,3-4,9-10H2,1-2H3,(H2,19,20,22). The summed E-state index contributed by atoms with van der Waals surface area (Å²) in [7, 11) is 0. The molecule has 4 atom stereocenters. The van der Waals surface area contributed by atoms with Crippen LogP contribution >= 0.6 is 11.6 Å². The molecule has 1 aromatic rings. The van der Waals surface area contributed by atoms with E-state index in [0.717, 1.165) is 18.4 Å². The summed E-state index contributed by atoms with van der Waals surface area (Å²) in [6, 6.07) is 7.61. The molecule has 22 heavy (non-hydrogen) atoms. The first-order chi connectivity index (χ1) is 10.5. The zero-order valence-electron chi connectivity index (χ0n) is 13.2. The minimum absolute atomic E-state index is 0.0253. The quantitative estimate of drug-likeness (QED) is 0.719. The average molecular weight is 325 g/mol. The molecule has 1 aromatic carbocycles. The van der Waals surface area contributed by atoms with Gasteiger partial charge in [0.15, 0.2) is 0 Å². The van der Waals surface area contributed by atoms with Crippen molar-refractivity contribution < 1.29 is 9.90 Å². The Bertz CT molecular complexity index is 492. The Balaban J connectivity index is 1.95. The summed E-state index contributed by atoms with van der Waals surface area (Å²) in [5, 5.41) is 15.6. The van der Waals surface area contributed by atoms with Crippen molar-refractivity contribution >= 4 is 17.6 Å². The highest BCUT2D eigenvalue weighted by molar-refractivity contribution is 6.30. The van der Waals surface area contributed by atoms with E-state index in [-0.39, 0.29) is 24.7 Å². The van der Waals surface area contributed by atoms with Gasteiger partial charge in [-0.2, -0.15) is 0 Å². The van der Waals surface area contributed by atoms with E-state index in [2.05, 4.69) is 17.6 Å². The van der Waals surface area contributed by atoms with Crippen LogP contribution < -0.4 is 10.6 Å². The lowest BCUT2D eigenvalue weighted by Crippen LogP contribution is -2.43. The van der Waals surface area contributed by atoms with E-state index in [9.17, 15) is 4.79 Å². The van der Waals surface area contributed by atoms with Gasteiger partial charge in [0.1, 0.15) is 0 Å². The second kappa shape index (κ2) is 7.84. The first-order valence-electron chi connectivity index (χ1n) is 7.94. The van der Waals surface area contributed by atoms with Crippen LogP contribution in [0.2, 0.25) is 5.02 Å². The smallest absolute Gasteiger partial charge is 0.315 e. The number of aliphatic hydroxyl groups is 1. The second-order valence-electron chi connectivity index (χ2n) is 6.29. The number of amides is 2. The molecule has 3 N–H and O–H groups in total. The van der Waals surface area contributed by atoms with E-state index < -0.39 is 0 Å². The highest BCUT2D eigenvalue weighted by Gasteiger charge is 2.41. The first kappa shape index (κ1) is 17.1. The third kappa shape index (κ3) is 4.89. The number of benzene rings is 1. The first-order valence-corrected chi connectivity index (χ1v) is 8.32. The lowest BCUT2D eigenvalue weighted by atomic mass is 10.0. The van der Waals surface area contributed by atoms with Crippen molar-refractivity contribution in [3.8, 4) is 0 Å². The predicted molar refractivity (Wildman–Crippen MR) is 88.9 cm³/mol. The van der Waals surface area contributed by atoms with Gasteiger partial charge in [0.2, 0.25) is 0 Å². The van der Waals surface area contributed by atoms with E-state index >= 15 is 0 Å². The molecule has 0 aliphatic heterocycles. The Morgan fingerprint density at radius 2 is 2.00 bits per heavy atom. The molecule has 0 aromatic heterocycles. The van der Waals surface area contributed by atoms with E-state index in [1.807, 2.05) is 31.2 Å². The molecule has 4 nitrogen and oxygen atoms in total. The van der Waals surface area contributed by atoms with Crippen molar-refractivity contribution in [2.75, 3.05) is 6.61 Å². The fraction of sp³-hybridized carbons (Fsp3) is 0.588. The van der Waals surface area contributed by atoms with Crippen LogP contribution in [0.3, 0.4) is 0 Å². The van der Waals surface area contributed by atoms with Crippen LogP contribution in [0.25, 0.3) is 0 Å². The maximum absolute atomic E-state index is 12.2. The van der Waals surface area contributed by atoms with Crippen LogP contribution in [0.5, 0.6) is 0 Å². The molecular weight excluding hydrogens is 300 g/mol. The average Bonchev–Trinajstić information content (AvgIpc) is 3.20. The number of carbonyl (C=O) groups is 1. The lowest BCUT2D eigenvalue weighted by molar-refractivity contribution is 0.229. The predicted octanol–water partition coefficient (Wildman–Crippen LogP) is 3.50. The van der Waals surface area contributed by atoms with E-state index in [1.165, 1.54) is 0 Å². The third-order valence-electron chi connectivity index (χ3n) is 4.29. The maximum Gasteiger partial charge on any atom is 0.315 e. The van der Waals surface area contributed by atoms with Crippen LogP contribution in [0, 0.1) is 11.8 Å². The largest absolute Gasteiger partial charge is 0.396 e. The van der Waals surface area contributed by atoms with Crippen molar-refractivity contribution in [1.29, 1.82) is 0 Å². The zero-order valence-corrected chi connectivity index (χ0v) is 13.9. The minimum atomic E-state index is -0.149. The van der Waals surface area contributed by atoms with Crippen LogP contribution in [-0.4, -0.2) is 23.8 Å². The number of urea groups is 1. The lowest BCUT2D eigenvalue weighted by Gasteiger charge is -2.22. The third-order valence-corrected chi connectivity index (χ3v) is 4.54. The van der Waals surface area contributed by atoms with Crippen molar-refractivity contribution in [1.82, 2.24) is 10.6 Å². The molecule has 122 valence electrons. The Labute approximate surface area is 137 Å². The second-order valence-corrected chi connectivity index (χ2v) is 6.73. The van der Waals surface area contributed by atoms with Crippen LogP contribution in [0.1, 0.15) is 44.7 Å². The number of hydrogen-bond donors (Lipinski definition) is 3. The van der Waals surface area contributed by atoms with Gasteiger partial charge in [0.05, 0.1) is 6.04 Å². The summed E-state index contributed by atoms with van der Waals surface area (Å²) >= 11 is 5.94. The molecule has 1 aliphatic rings. The van der Waals surface area contributed by atoms with Crippen LogP contribution in [0.15, 0.2) is 24.3 Å². The fourth-order valence-corrected chi connectivity index (χ4v) is 2.93. The van der Waals surface area contributed by atoms with Gasteiger partial charge in [-0.05, 0) is 55.7 Å². The molecule has 5 heteroatoms. The van der Waals surface area contributed by atoms with Gasteiger partial charge in [0.25, 0.3) is 0 Å². The number of aliphatic hydroxyl groups excluding tert-OH is 1. The molecule has 1 fully saturated rings. The monoisotopic (exact) mass is 324 g/mol. The highest BCUT2D eigenvalue weighted by atomic mass is 35.5. The molecule has 2 rings (SSSR count). The molecule has 1 saturated carbocycles. The summed E-state index contributed by atoms with van der Waals surface area (Å²) in [4.78, 5) is 12.2. The van der Waals surface area contributed by atoms with Gasteiger partial charge in [-0.15, -0.1) is 0 Å². The number of halogens is 1. The summed E-state index contributed by atoms with van der Waals surface area (Å²) in [6.45, 7) is 4.31. The van der Waals surface area contributed by atoms with Gasteiger partial charge >= 0.3 is 6.03 Å². The van der Waals surface area contributed by atoms with Gasteiger partial charge < -0.3 is 15.7 Å². The number of rotatable bonds is 7. The van der Waals surface area contributed by atoms with Crippen molar-refractivity contribution in [2.24, 2.45) is 11.8 Å². The Kier molecular flexibility index (Phi) is 6.09. The highest BCUT2D eigenvalue weighted by Crippen LogP contribution is 2.47. The molecule has 2 amide bonds. The normalized spacial score (nSPS) is 22.7. The molecule has 1 aliphatic carbocycles. The molecular formula is C17H25ClN2O2. The Morgan fingerprint density at radius 1 is 1.36 bits per heavy atom. The minimum Gasteiger partial charge on any atom is -0.396 e. The molecule has 0 radical (unpaired) electrons.